The summed E-state index contributed by atoms with van der Waals surface area (Å²) >= 11 is 0. The minimum Gasteiger partial charge on any atom is -0.357 e. The van der Waals surface area contributed by atoms with Gasteiger partial charge in [-0.2, -0.15) is 0 Å². The second-order valence-electron chi connectivity index (χ2n) is 7.06. The molecule has 0 saturated carbocycles. The van der Waals surface area contributed by atoms with Gasteiger partial charge in [-0.1, -0.05) is 37.3 Å². The number of nitrogens with zero attached hydrogens (tertiary/aromatic N) is 6. The number of hydrogen-bond donors (Lipinski definition) is 1. The van der Waals surface area contributed by atoms with Crippen LogP contribution in [0.1, 0.15) is 44.6 Å². The molecule has 0 radical (unpaired) electrons. The highest BCUT2D eigenvalue weighted by Crippen LogP contribution is 2.25. The maximum Gasteiger partial charge on any atom is 0.194 e. The van der Waals surface area contributed by atoms with Gasteiger partial charge in [-0.25, -0.2) is 4.99 Å². The van der Waals surface area contributed by atoms with Gasteiger partial charge in [0.15, 0.2) is 11.8 Å². The number of aromatic nitrogens is 3. The Balaban J connectivity index is 1.63. The average molecular weight is 384 g/mol. The van der Waals surface area contributed by atoms with Gasteiger partial charge in [0.2, 0.25) is 0 Å². The lowest BCUT2D eigenvalue weighted by Gasteiger charge is -2.40. The monoisotopic (exact) mass is 383 g/mol. The van der Waals surface area contributed by atoms with Gasteiger partial charge in [0.25, 0.3) is 0 Å². The maximum absolute atomic E-state index is 4.83. The summed E-state index contributed by atoms with van der Waals surface area (Å²) in [6, 6.07) is 11.3. The quantitative estimate of drug-likeness (QED) is 0.588. The molecule has 2 aromatic rings. The summed E-state index contributed by atoms with van der Waals surface area (Å²) in [5.74, 6) is 1.88. The molecule has 7 heteroatoms. The molecule has 3 rings (SSSR count). The summed E-state index contributed by atoms with van der Waals surface area (Å²) in [4.78, 5) is 9.79. The van der Waals surface area contributed by atoms with Gasteiger partial charge in [0, 0.05) is 45.3 Å². The predicted octanol–water partition coefficient (Wildman–Crippen LogP) is 2.53. The third kappa shape index (κ3) is 4.90. The van der Waals surface area contributed by atoms with Crippen LogP contribution in [-0.4, -0.2) is 63.2 Å². The van der Waals surface area contributed by atoms with Crippen LogP contribution in [0.15, 0.2) is 41.7 Å². The number of aliphatic imine (C=N–C) groups is 1. The van der Waals surface area contributed by atoms with Crippen LogP contribution < -0.4 is 5.32 Å². The number of benzene rings is 1. The molecule has 0 aliphatic carbocycles. The molecule has 1 aromatic carbocycles. The van der Waals surface area contributed by atoms with E-state index in [1.54, 1.807) is 6.33 Å². The van der Waals surface area contributed by atoms with Crippen molar-refractivity contribution in [2.24, 2.45) is 4.99 Å². The van der Waals surface area contributed by atoms with Crippen molar-refractivity contribution in [3.05, 3.63) is 48.0 Å². The Morgan fingerprint density at radius 2 is 1.86 bits per heavy atom. The van der Waals surface area contributed by atoms with E-state index in [4.69, 9.17) is 4.99 Å². The summed E-state index contributed by atoms with van der Waals surface area (Å²) in [5.41, 5.74) is 1.41. The fourth-order valence-electron chi connectivity index (χ4n) is 3.86. The molecule has 0 bridgehead atoms. The van der Waals surface area contributed by atoms with Crippen molar-refractivity contribution in [1.29, 1.82) is 0 Å². The van der Waals surface area contributed by atoms with E-state index in [0.717, 1.165) is 57.5 Å². The van der Waals surface area contributed by atoms with Gasteiger partial charge < -0.3 is 14.8 Å². The van der Waals surface area contributed by atoms with Crippen LogP contribution in [-0.2, 0) is 13.1 Å². The second-order valence-corrected chi connectivity index (χ2v) is 7.06. The maximum atomic E-state index is 4.83. The van der Waals surface area contributed by atoms with Crippen LogP contribution in [0.25, 0.3) is 0 Å². The number of guanidine groups is 1. The highest BCUT2D eigenvalue weighted by atomic mass is 15.4. The number of piperazine rings is 1. The molecular weight excluding hydrogens is 350 g/mol. The molecule has 7 nitrogen and oxygen atoms in total. The van der Waals surface area contributed by atoms with Gasteiger partial charge in [0.05, 0.1) is 0 Å². The first-order valence-corrected chi connectivity index (χ1v) is 10.5. The van der Waals surface area contributed by atoms with E-state index < -0.39 is 0 Å². The van der Waals surface area contributed by atoms with Gasteiger partial charge >= 0.3 is 0 Å². The first-order chi connectivity index (χ1) is 13.8. The fourth-order valence-corrected chi connectivity index (χ4v) is 3.86. The molecule has 1 unspecified atom stereocenters. The van der Waals surface area contributed by atoms with Crippen LogP contribution in [0.3, 0.4) is 0 Å². The minimum absolute atomic E-state index is 0.492. The molecule has 152 valence electrons. The zero-order chi connectivity index (χ0) is 19.8. The lowest BCUT2D eigenvalue weighted by Crippen LogP contribution is -2.53. The van der Waals surface area contributed by atoms with E-state index in [2.05, 4.69) is 76.4 Å². The van der Waals surface area contributed by atoms with Gasteiger partial charge in [-0.3, -0.25) is 4.90 Å². The molecule has 1 fully saturated rings. The summed E-state index contributed by atoms with van der Waals surface area (Å²) in [7, 11) is 0. The molecule has 1 atom stereocenters. The zero-order valence-electron chi connectivity index (χ0n) is 17.4. The Morgan fingerprint density at radius 3 is 2.50 bits per heavy atom. The Hall–Kier alpha value is -2.41. The molecule has 0 amide bonds. The van der Waals surface area contributed by atoms with Crippen LogP contribution in [0.2, 0.25) is 0 Å². The fraction of sp³-hybridized carbons (Fsp3) is 0.571. The number of aryl methyl sites for hydroxylation is 1. The van der Waals surface area contributed by atoms with Crippen molar-refractivity contribution >= 4 is 5.96 Å². The van der Waals surface area contributed by atoms with Crippen molar-refractivity contribution in [2.45, 2.75) is 46.3 Å². The lowest BCUT2D eigenvalue weighted by atomic mass is 10.0. The molecule has 1 N–H and O–H groups in total. The van der Waals surface area contributed by atoms with Crippen LogP contribution in [0.5, 0.6) is 0 Å². The summed E-state index contributed by atoms with van der Waals surface area (Å²) in [5, 5.41) is 11.6. The largest absolute Gasteiger partial charge is 0.357 e. The van der Waals surface area contributed by atoms with E-state index in [-0.39, 0.29) is 0 Å². The average Bonchev–Trinajstić information content (AvgIpc) is 3.21. The molecular formula is C21H33N7. The van der Waals surface area contributed by atoms with Gasteiger partial charge in [-0.05, 0) is 25.8 Å². The topological polar surface area (TPSA) is 61.6 Å². The smallest absolute Gasteiger partial charge is 0.194 e. The molecule has 1 aliphatic heterocycles. The standard InChI is InChI=1S/C21H33N7/c1-4-19(18-10-8-7-9-11-18)27-12-14-28(15-13-27)21(22-5-2)23-16-20-25-24-17-26(20)6-3/h7-11,17,19H,4-6,12-16H2,1-3H3,(H,22,23). The summed E-state index contributed by atoms with van der Waals surface area (Å²) < 4.78 is 2.04. The van der Waals surface area contributed by atoms with Crippen molar-refractivity contribution in [2.75, 3.05) is 32.7 Å². The third-order valence-corrected chi connectivity index (χ3v) is 5.37. The second kappa shape index (κ2) is 10.2. The van der Waals surface area contributed by atoms with Crippen molar-refractivity contribution in [3.63, 3.8) is 0 Å². The molecule has 2 heterocycles. The Morgan fingerprint density at radius 1 is 1.11 bits per heavy atom. The molecule has 0 spiro atoms. The van der Waals surface area contributed by atoms with E-state index in [9.17, 15) is 0 Å². The molecule has 1 aliphatic rings. The summed E-state index contributed by atoms with van der Waals surface area (Å²) in [6.45, 7) is 12.8. The zero-order valence-corrected chi connectivity index (χ0v) is 17.4. The minimum atomic E-state index is 0.492. The van der Waals surface area contributed by atoms with Crippen LogP contribution in [0, 0.1) is 0 Å². The highest BCUT2D eigenvalue weighted by Gasteiger charge is 2.25. The number of hydrogen-bond acceptors (Lipinski definition) is 4. The predicted molar refractivity (Wildman–Crippen MR) is 113 cm³/mol. The third-order valence-electron chi connectivity index (χ3n) is 5.37. The van der Waals surface area contributed by atoms with Crippen molar-refractivity contribution < 1.29 is 0 Å². The van der Waals surface area contributed by atoms with E-state index in [0.29, 0.717) is 12.6 Å². The van der Waals surface area contributed by atoms with Crippen LogP contribution in [0.4, 0.5) is 0 Å². The van der Waals surface area contributed by atoms with Gasteiger partial charge in [0.1, 0.15) is 12.9 Å². The first kappa shape index (κ1) is 20.3. The van der Waals surface area contributed by atoms with E-state index >= 15 is 0 Å². The van der Waals surface area contributed by atoms with Gasteiger partial charge in [-0.15, -0.1) is 10.2 Å². The van der Waals surface area contributed by atoms with E-state index in [1.165, 1.54) is 5.56 Å². The Kier molecular flexibility index (Phi) is 7.42. The molecule has 1 saturated heterocycles. The lowest BCUT2D eigenvalue weighted by molar-refractivity contribution is 0.127. The van der Waals surface area contributed by atoms with Crippen molar-refractivity contribution in [1.82, 2.24) is 29.9 Å². The highest BCUT2D eigenvalue weighted by molar-refractivity contribution is 5.80. The summed E-state index contributed by atoms with van der Waals surface area (Å²) in [6.07, 6.45) is 2.90. The normalized spacial score (nSPS) is 17.0. The van der Waals surface area contributed by atoms with Crippen LogP contribution >= 0.6 is 0 Å². The first-order valence-electron chi connectivity index (χ1n) is 10.5. The Labute approximate surface area is 168 Å². The number of nitrogens with one attached hydrogen (secondary N) is 1. The van der Waals surface area contributed by atoms with E-state index in [1.807, 2.05) is 4.57 Å². The molecule has 28 heavy (non-hydrogen) atoms. The number of rotatable bonds is 7. The van der Waals surface area contributed by atoms with Crippen molar-refractivity contribution in [3.8, 4) is 0 Å². The SMILES string of the molecule is CCNC(=NCc1nncn1CC)N1CCN(C(CC)c2ccccc2)CC1. The Bertz CT molecular complexity index is 732. The molecule has 1 aromatic heterocycles.